The van der Waals surface area contributed by atoms with E-state index < -0.39 is 0 Å². The zero-order chi connectivity index (χ0) is 16.9. The molecule has 0 saturated heterocycles. The predicted octanol–water partition coefficient (Wildman–Crippen LogP) is 2.37. The molecule has 3 N–H and O–H groups in total. The summed E-state index contributed by atoms with van der Waals surface area (Å²) in [7, 11) is 1.62. The molecule has 0 aliphatic heterocycles. The van der Waals surface area contributed by atoms with Crippen molar-refractivity contribution in [3.05, 3.63) is 36.0 Å². The van der Waals surface area contributed by atoms with Crippen LogP contribution < -0.4 is 10.1 Å². The molecule has 128 valence electrons. The summed E-state index contributed by atoms with van der Waals surface area (Å²) in [5.41, 5.74) is 2.14. The van der Waals surface area contributed by atoms with Gasteiger partial charge in [-0.3, -0.25) is 9.89 Å². The van der Waals surface area contributed by atoms with Gasteiger partial charge < -0.3 is 15.2 Å². The van der Waals surface area contributed by atoms with Gasteiger partial charge in [0.15, 0.2) is 0 Å². The first-order valence-electron chi connectivity index (χ1n) is 8.30. The van der Waals surface area contributed by atoms with Gasteiger partial charge >= 0.3 is 0 Å². The van der Waals surface area contributed by atoms with E-state index in [0.29, 0.717) is 17.2 Å². The Labute approximate surface area is 141 Å². The lowest BCUT2D eigenvalue weighted by Crippen LogP contribution is -2.38. The third kappa shape index (κ3) is 3.59. The number of aromatic nitrogens is 2. The molecule has 6 nitrogen and oxygen atoms in total. The van der Waals surface area contributed by atoms with Crippen molar-refractivity contribution in [2.45, 2.75) is 31.7 Å². The van der Waals surface area contributed by atoms with E-state index in [9.17, 15) is 9.90 Å². The number of hydrogen-bond donors (Lipinski definition) is 3. The fraction of sp³-hybridized carbons (Fsp3) is 0.444. The highest BCUT2D eigenvalue weighted by Gasteiger charge is 2.24. The molecular weight excluding hydrogens is 306 g/mol. The van der Waals surface area contributed by atoms with E-state index in [-0.39, 0.29) is 18.6 Å². The van der Waals surface area contributed by atoms with Crippen LogP contribution in [0.25, 0.3) is 11.3 Å². The molecule has 1 aromatic carbocycles. The fourth-order valence-electron chi connectivity index (χ4n) is 3.19. The van der Waals surface area contributed by atoms with E-state index in [1.807, 2.05) is 24.3 Å². The number of nitrogens with zero attached hydrogens (tertiary/aromatic N) is 1. The van der Waals surface area contributed by atoms with Crippen LogP contribution in [-0.4, -0.2) is 41.0 Å². The number of carbonyl (C=O) groups is 1. The third-order valence-electron chi connectivity index (χ3n) is 4.70. The Morgan fingerprint density at radius 2 is 2.00 bits per heavy atom. The monoisotopic (exact) mass is 329 g/mol. The Kier molecular flexibility index (Phi) is 5.15. The summed E-state index contributed by atoms with van der Waals surface area (Å²) in [6.45, 7) is 0.240. The molecule has 0 atom stereocenters. The first kappa shape index (κ1) is 16.5. The molecule has 1 heterocycles. The van der Waals surface area contributed by atoms with Crippen molar-refractivity contribution in [3.63, 3.8) is 0 Å². The predicted molar refractivity (Wildman–Crippen MR) is 90.9 cm³/mol. The van der Waals surface area contributed by atoms with Crippen LogP contribution in [0.4, 0.5) is 0 Å². The zero-order valence-corrected chi connectivity index (χ0v) is 13.8. The molecule has 1 aromatic heterocycles. The molecule has 0 spiro atoms. The Balaban J connectivity index is 1.69. The van der Waals surface area contributed by atoms with Crippen molar-refractivity contribution in [1.82, 2.24) is 15.5 Å². The van der Waals surface area contributed by atoms with Gasteiger partial charge in [-0.1, -0.05) is 0 Å². The molecule has 6 heteroatoms. The van der Waals surface area contributed by atoms with E-state index in [1.165, 1.54) is 0 Å². The molecule has 1 saturated carbocycles. The fourth-order valence-corrected chi connectivity index (χ4v) is 3.19. The highest BCUT2D eigenvalue weighted by Crippen LogP contribution is 2.26. The van der Waals surface area contributed by atoms with Crippen molar-refractivity contribution < 1.29 is 14.6 Å². The Morgan fingerprint density at radius 1 is 1.29 bits per heavy atom. The van der Waals surface area contributed by atoms with Gasteiger partial charge in [-0.25, -0.2) is 0 Å². The molecule has 24 heavy (non-hydrogen) atoms. The maximum Gasteiger partial charge on any atom is 0.255 e. The van der Waals surface area contributed by atoms with Crippen LogP contribution in [-0.2, 0) is 0 Å². The minimum atomic E-state index is -0.109. The molecule has 1 aliphatic carbocycles. The smallest absolute Gasteiger partial charge is 0.255 e. The number of nitrogens with one attached hydrogen (secondary N) is 2. The summed E-state index contributed by atoms with van der Waals surface area (Å²) in [6, 6.07) is 7.67. The summed E-state index contributed by atoms with van der Waals surface area (Å²) in [5, 5.41) is 19.2. The van der Waals surface area contributed by atoms with E-state index >= 15 is 0 Å². The first-order valence-corrected chi connectivity index (χ1v) is 8.30. The van der Waals surface area contributed by atoms with E-state index in [2.05, 4.69) is 15.5 Å². The van der Waals surface area contributed by atoms with Crippen LogP contribution >= 0.6 is 0 Å². The molecule has 0 unspecified atom stereocenters. The number of rotatable bonds is 5. The molecule has 3 rings (SSSR count). The summed E-state index contributed by atoms with van der Waals surface area (Å²) in [6.07, 6.45) is 5.30. The number of carbonyl (C=O) groups excluding carboxylic acids is 1. The van der Waals surface area contributed by atoms with E-state index in [4.69, 9.17) is 4.74 Å². The van der Waals surface area contributed by atoms with Gasteiger partial charge in [-0.05, 0) is 55.9 Å². The molecular formula is C18H23N3O3. The van der Waals surface area contributed by atoms with Crippen molar-refractivity contribution in [3.8, 4) is 17.0 Å². The third-order valence-corrected chi connectivity index (χ3v) is 4.70. The van der Waals surface area contributed by atoms with Crippen molar-refractivity contribution in [2.24, 2.45) is 5.92 Å². The molecule has 0 radical (unpaired) electrons. The summed E-state index contributed by atoms with van der Waals surface area (Å²) < 4.78 is 5.16. The second-order valence-electron chi connectivity index (χ2n) is 6.26. The SMILES string of the molecule is COc1ccc(-c2[nH]ncc2C(=O)NC2CCC(CO)CC2)cc1. The lowest BCUT2D eigenvalue weighted by atomic mass is 9.86. The Bertz CT molecular complexity index is 673. The standard InChI is InChI=1S/C18H23N3O3/c1-24-15-8-4-13(5-9-15)17-16(10-19-21-17)18(23)20-14-6-2-12(11-22)3-7-14/h4-5,8-10,12,14,22H,2-3,6-7,11H2,1H3,(H,19,21)(H,20,23). The van der Waals surface area contributed by atoms with Gasteiger partial charge in [-0.2, -0.15) is 5.10 Å². The highest BCUT2D eigenvalue weighted by atomic mass is 16.5. The van der Waals surface area contributed by atoms with Gasteiger partial charge in [0.1, 0.15) is 5.75 Å². The molecule has 0 bridgehead atoms. The molecule has 1 fully saturated rings. The highest BCUT2D eigenvalue weighted by molar-refractivity contribution is 5.99. The van der Waals surface area contributed by atoms with Crippen LogP contribution in [0, 0.1) is 5.92 Å². The second-order valence-corrected chi connectivity index (χ2v) is 6.26. The Hall–Kier alpha value is -2.34. The van der Waals surface area contributed by atoms with Crippen LogP contribution in [0.15, 0.2) is 30.5 Å². The van der Waals surface area contributed by atoms with Gasteiger partial charge in [0.2, 0.25) is 0 Å². The normalized spacial score (nSPS) is 20.6. The second kappa shape index (κ2) is 7.49. The van der Waals surface area contributed by atoms with Crippen molar-refractivity contribution in [2.75, 3.05) is 13.7 Å². The van der Waals surface area contributed by atoms with Gasteiger partial charge in [-0.15, -0.1) is 0 Å². The number of hydrogen-bond acceptors (Lipinski definition) is 4. The van der Waals surface area contributed by atoms with Crippen molar-refractivity contribution in [1.29, 1.82) is 0 Å². The summed E-state index contributed by atoms with van der Waals surface area (Å²) >= 11 is 0. The van der Waals surface area contributed by atoms with E-state index in [0.717, 1.165) is 37.0 Å². The van der Waals surface area contributed by atoms with Crippen LogP contribution in [0.5, 0.6) is 5.75 Å². The number of amides is 1. The maximum absolute atomic E-state index is 12.6. The van der Waals surface area contributed by atoms with Crippen LogP contribution in [0.2, 0.25) is 0 Å². The number of benzene rings is 1. The summed E-state index contributed by atoms with van der Waals surface area (Å²) in [4.78, 5) is 12.6. The molecule has 1 aliphatic rings. The number of ether oxygens (including phenoxy) is 1. The number of aromatic amines is 1. The first-order chi connectivity index (χ1) is 11.7. The molecule has 2 aromatic rings. The maximum atomic E-state index is 12.6. The van der Waals surface area contributed by atoms with Crippen molar-refractivity contribution >= 4 is 5.91 Å². The number of aliphatic hydroxyl groups excluding tert-OH is 1. The average molecular weight is 329 g/mol. The molecule has 1 amide bonds. The van der Waals surface area contributed by atoms with Gasteiger partial charge in [0.25, 0.3) is 5.91 Å². The number of methoxy groups -OCH3 is 1. The van der Waals surface area contributed by atoms with Crippen LogP contribution in [0.1, 0.15) is 36.0 Å². The largest absolute Gasteiger partial charge is 0.497 e. The number of H-pyrrole nitrogens is 1. The van der Waals surface area contributed by atoms with Gasteiger partial charge in [0, 0.05) is 18.2 Å². The number of aliphatic hydroxyl groups is 1. The summed E-state index contributed by atoms with van der Waals surface area (Å²) in [5.74, 6) is 1.04. The minimum absolute atomic E-state index is 0.109. The quantitative estimate of drug-likeness (QED) is 0.786. The lowest BCUT2D eigenvalue weighted by Gasteiger charge is -2.27. The minimum Gasteiger partial charge on any atom is -0.497 e. The van der Waals surface area contributed by atoms with Crippen LogP contribution in [0.3, 0.4) is 0 Å². The zero-order valence-electron chi connectivity index (χ0n) is 13.8. The van der Waals surface area contributed by atoms with E-state index in [1.54, 1.807) is 13.3 Å². The van der Waals surface area contributed by atoms with Gasteiger partial charge in [0.05, 0.1) is 24.6 Å². The Morgan fingerprint density at radius 3 is 2.62 bits per heavy atom. The topological polar surface area (TPSA) is 87.2 Å². The lowest BCUT2D eigenvalue weighted by molar-refractivity contribution is 0.0914. The average Bonchev–Trinajstić information content (AvgIpc) is 3.12.